The third kappa shape index (κ3) is 8.20. The van der Waals surface area contributed by atoms with Crippen LogP contribution in [0.3, 0.4) is 0 Å². The van der Waals surface area contributed by atoms with Gasteiger partial charge >= 0.3 is 6.18 Å². The highest BCUT2D eigenvalue weighted by Crippen LogP contribution is 2.15. The normalized spacial score (nSPS) is 11.9. The number of amides is 2. The van der Waals surface area contributed by atoms with Gasteiger partial charge in [0, 0.05) is 16.8 Å². The average Bonchev–Trinajstić information content (AvgIpc) is 2.35. The minimum absolute atomic E-state index is 0.298. The van der Waals surface area contributed by atoms with Gasteiger partial charge in [0.05, 0.1) is 0 Å². The minimum Gasteiger partial charge on any atom is -0.362 e. The molecule has 1 rings (SSSR count). The van der Waals surface area contributed by atoms with Crippen molar-refractivity contribution in [1.82, 2.24) is 5.32 Å². The predicted molar refractivity (Wildman–Crippen MR) is 79.2 cm³/mol. The van der Waals surface area contributed by atoms with Crippen LogP contribution in [-0.2, 0) is 9.53 Å². The Bertz CT molecular complexity index is 566. The molecule has 0 bridgehead atoms. The van der Waals surface area contributed by atoms with E-state index in [-0.39, 0.29) is 5.91 Å². The molecule has 5 nitrogen and oxygen atoms in total. The SMILES string of the molecule is CC(C)(C)NC(=O)c1cccc(NC(=O)COCC(F)(F)F)c1. The Morgan fingerprint density at radius 2 is 1.83 bits per heavy atom. The number of ether oxygens (including phenoxy) is 1. The van der Waals surface area contributed by atoms with E-state index in [2.05, 4.69) is 15.4 Å². The Labute approximate surface area is 132 Å². The second-order valence-electron chi connectivity index (χ2n) is 5.94. The monoisotopic (exact) mass is 332 g/mol. The molecular weight excluding hydrogens is 313 g/mol. The first kappa shape index (κ1) is 19.0. The topological polar surface area (TPSA) is 67.4 Å². The Balaban J connectivity index is 2.60. The number of hydrogen-bond acceptors (Lipinski definition) is 3. The first-order valence-electron chi connectivity index (χ1n) is 6.83. The summed E-state index contributed by atoms with van der Waals surface area (Å²) in [7, 11) is 0. The fourth-order valence-corrected chi connectivity index (χ4v) is 1.61. The van der Waals surface area contributed by atoms with Crippen LogP contribution in [0.15, 0.2) is 24.3 Å². The van der Waals surface area contributed by atoms with Crippen molar-refractivity contribution >= 4 is 17.5 Å². The summed E-state index contributed by atoms with van der Waals surface area (Å²) in [4.78, 5) is 23.5. The van der Waals surface area contributed by atoms with E-state index >= 15 is 0 Å². The van der Waals surface area contributed by atoms with Gasteiger partial charge in [0.15, 0.2) is 0 Å². The second-order valence-corrected chi connectivity index (χ2v) is 5.94. The third-order valence-electron chi connectivity index (χ3n) is 2.40. The van der Waals surface area contributed by atoms with E-state index in [4.69, 9.17) is 0 Å². The van der Waals surface area contributed by atoms with Crippen molar-refractivity contribution in [3.8, 4) is 0 Å². The fraction of sp³-hybridized carbons (Fsp3) is 0.467. The maximum absolute atomic E-state index is 12.0. The van der Waals surface area contributed by atoms with Crippen LogP contribution in [0.1, 0.15) is 31.1 Å². The molecule has 0 aliphatic rings. The Morgan fingerprint density at radius 1 is 1.17 bits per heavy atom. The van der Waals surface area contributed by atoms with Crippen molar-refractivity contribution in [2.45, 2.75) is 32.5 Å². The smallest absolute Gasteiger partial charge is 0.362 e. The van der Waals surface area contributed by atoms with Crippen molar-refractivity contribution in [3.63, 3.8) is 0 Å². The number of benzene rings is 1. The summed E-state index contributed by atoms with van der Waals surface area (Å²) in [6.07, 6.45) is -4.48. The maximum atomic E-state index is 12.0. The predicted octanol–water partition coefficient (Wildman–Crippen LogP) is 2.73. The van der Waals surface area contributed by atoms with Crippen molar-refractivity contribution in [3.05, 3.63) is 29.8 Å². The van der Waals surface area contributed by atoms with Crippen LogP contribution in [-0.4, -0.2) is 36.7 Å². The number of halogens is 3. The number of nitrogens with one attached hydrogen (secondary N) is 2. The first-order chi connectivity index (χ1) is 10.5. The fourth-order valence-electron chi connectivity index (χ4n) is 1.61. The molecule has 0 atom stereocenters. The Hall–Kier alpha value is -2.09. The van der Waals surface area contributed by atoms with Gasteiger partial charge in [0.1, 0.15) is 13.2 Å². The van der Waals surface area contributed by atoms with Gasteiger partial charge in [-0.1, -0.05) is 6.07 Å². The zero-order valence-corrected chi connectivity index (χ0v) is 13.1. The molecule has 2 N–H and O–H groups in total. The van der Waals surface area contributed by atoms with E-state index in [1.165, 1.54) is 12.1 Å². The second kappa shape index (κ2) is 7.45. The molecule has 23 heavy (non-hydrogen) atoms. The van der Waals surface area contributed by atoms with E-state index in [9.17, 15) is 22.8 Å². The number of rotatable bonds is 5. The lowest BCUT2D eigenvalue weighted by atomic mass is 10.1. The highest BCUT2D eigenvalue weighted by atomic mass is 19.4. The quantitative estimate of drug-likeness (QED) is 0.871. The van der Waals surface area contributed by atoms with Crippen LogP contribution in [0.5, 0.6) is 0 Å². The molecular formula is C15H19F3N2O3. The molecule has 0 saturated carbocycles. The van der Waals surface area contributed by atoms with Gasteiger partial charge in [0.25, 0.3) is 5.91 Å². The lowest BCUT2D eigenvalue weighted by Crippen LogP contribution is -2.40. The van der Waals surface area contributed by atoms with Crippen LogP contribution in [0, 0.1) is 0 Å². The van der Waals surface area contributed by atoms with Crippen molar-refractivity contribution < 1.29 is 27.5 Å². The highest BCUT2D eigenvalue weighted by molar-refractivity contribution is 5.97. The van der Waals surface area contributed by atoms with Gasteiger partial charge in [-0.3, -0.25) is 9.59 Å². The van der Waals surface area contributed by atoms with Gasteiger partial charge < -0.3 is 15.4 Å². The van der Waals surface area contributed by atoms with Gasteiger partial charge in [-0.15, -0.1) is 0 Å². The van der Waals surface area contributed by atoms with Gasteiger partial charge in [-0.05, 0) is 39.0 Å². The summed E-state index contributed by atoms with van der Waals surface area (Å²) in [5, 5.41) is 5.14. The molecule has 0 fully saturated rings. The molecule has 0 aliphatic carbocycles. The standard InChI is InChI=1S/C15H19F3N2O3/c1-14(2,3)20-13(22)10-5-4-6-11(7-10)19-12(21)8-23-9-15(16,17)18/h4-7H,8-9H2,1-3H3,(H,19,21)(H,20,22). The number of anilines is 1. The van der Waals surface area contributed by atoms with E-state index in [0.717, 1.165) is 0 Å². The summed E-state index contributed by atoms with van der Waals surface area (Å²) in [6, 6.07) is 6.08. The number of carbonyl (C=O) groups excluding carboxylic acids is 2. The Kier molecular flexibility index (Phi) is 6.14. The summed E-state index contributed by atoms with van der Waals surface area (Å²) < 4.78 is 40.0. The van der Waals surface area contributed by atoms with Gasteiger partial charge in [-0.2, -0.15) is 13.2 Å². The maximum Gasteiger partial charge on any atom is 0.411 e. The zero-order valence-electron chi connectivity index (χ0n) is 13.1. The largest absolute Gasteiger partial charge is 0.411 e. The van der Waals surface area contributed by atoms with Crippen LogP contribution in [0.25, 0.3) is 0 Å². The Morgan fingerprint density at radius 3 is 2.39 bits per heavy atom. The lowest BCUT2D eigenvalue weighted by Gasteiger charge is -2.20. The van der Waals surface area contributed by atoms with Crippen LogP contribution >= 0.6 is 0 Å². The summed E-state index contributed by atoms with van der Waals surface area (Å²) in [5.41, 5.74) is 0.211. The number of hydrogen-bond donors (Lipinski definition) is 2. The molecule has 1 aromatic carbocycles. The molecule has 0 spiro atoms. The highest BCUT2D eigenvalue weighted by Gasteiger charge is 2.27. The van der Waals surface area contributed by atoms with Gasteiger partial charge in [-0.25, -0.2) is 0 Å². The van der Waals surface area contributed by atoms with E-state index in [1.54, 1.807) is 12.1 Å². The van der Waals surface area contributed by atoms with E-state index in [0.29, 0.717) is 11.3 Å². The van der Waals surface area contributed by atoms with Crippen molar-refractivity contribution in [2.75, 3.05) is 18.5 Å². The number of alkyl halides is 3. The lowest BCUT2D eigenvalue weighted by molar-refractivity contribution is -0.174. The summed E-state index contributed by atoms with van der Waals surface area (Å²) >= 11 is 0. The molecule has 0 unspecified atom stereocenters. The molecule has 0 heterocycles. The molecule has 0 saturated heterocycles. The van der Waals surface area contributed by atoms with Crippen LogP contribution < -0.4 is 10.6 Å². The minimum atomic E-state index is -4.48. The van der Waals surface area contributed by atoms with E-state index in [1.807, 2.05) is 20.8 Å². The first-order valence-corrected chi connectivity index (χ1v) is 6.83. The molecule has 0 aliphatic heterocycles. The van der Waals surface area contributed by atoms with Crippen molar-refractivity contribution in [1.29, 1.82) is 0 Å². The molecule has 128 valence electrons. The molecule has 0 aromatic heterocycles. The van der Waals surface area contributed by atoms with E-state index < -0.39 is 30.8 Å². The zero-order chi connectivity index (χ0) is 17.7. The van der Waals surface area contributed by atoms with Gasteiger partial charge in [0.2, 0.25) is 5.91 Å². The molecule has 2 amide bonds. The molecule has 8 heteroatoms. The third-order valence-corrected chi connectivity index (χ3v) is 2.40. The average molecular weight is 332 g/mol. The van der Waals surface area contributed by atoms with Crippen molar-refractivity contribution in [2.24, 2.45) is 0 Å². The number of carbonyl (C=O) groups is 2. The summed E-state index contributed by atoms with van der Waals surface area (Å²) in [6.45, 7) is 3.27. The summed E-state index contributed by atoms with van der Waals surface area (Å²) in [5.74, 6) is -1.05. The van der Waals surface area contributed by atoms with Crippen LogP contribution in [0.2, 0.25) is 0 Å². The molecule has 1 aromatic rings. The molecule has 0 radical (unpaired) electrons. The van der Waals surface area contributed by atoms with Crippen LogP contribution in [0.4, 0.5) is 18.9 Å².